The van der Waals surface area contributed by atoms with E-state index in [1.54, 1.807) is 6.92 Å². The van der Waals surface area contributed by atoms with Gasteiger partial charge >= 0.3 is 5.97 Å². The third-order valence-corrected chi connectivity index (χ3v) is 5.85. The smallest absolute Gasteiger partial charge is 0.335 e. The number of carboxylic acid groups (broad SMARTS) is 1. The van der Waals surface area contributed by atoms with Crippen LogP contribution in [0.4, 0.5) is 0 Å². The van der Waals surface area contributed by atoms with E-state index in [1.807, 2.05) is 0 Å². The molecule has 0 spiro atoms. The molecule has 0 radical (unpaired) electrons. The van der Waals surface area contributed by atoms with Gasteiger partial charge in [0.2, 0.25) is 10.0 Å². The molecule has 0 aliphatic heterocycles. The zero-order valence-corrected chi connectivity index (χ0v) is 14.0. The Morgan fingerprint density at radius 3 is 2.76 bits per heavy atom. The molecule has 2 N–H and O–H groups in total. The number of nitrogens with zero attached hydrogens (tertiary/aromatic N) is 1. The number of hydrogen-bond donors (Lipinski definition) is 2. The van der Waals surface area contributed by atoms with Crippen LogP contribution in [0.3, 0.4) is 0 Å². The molecule has 2 heterocycles. The molecule has 2 rings (SSSR count). The number of halogens is 1. The summed E-state index contributed by atoms with van der Waals surface area (Å²) >= 11 is 4.57. The van der Waals surface area contributed by atoms with Gasteiger partial charge < -0.3 is 5.11 Å². The molecule has 112 valence electrons. The first-order chi connectivity index (χ1) is 9.79. The van der Waals surface area contributed by atoms with Crippen molar-refractivity contribution in [2.24, 2.45) is 0 Å². The molecule has 6 nitrogen and oxygen atoms in total. The first kappa shape index (κ1) is 16.1. The molecule has 9 heteroatoms. The summed E-state index contributed by atoms with van der Waals surface area (Å²) < 4.78 is 27.5. The molecule has 2 aromatic rings. The van der Waals surface area contributed by atoms with E-state index in [-0.39, 0.29) is 17.0 Å². The number of aryl methyl sites for hydroxylation is 1. The second kappa shape index (κ2) is 6.22. The summed E-state index contributed by atoms with van der Waals surface area (Å²) in [7, 11) is -3.66. The molecule has 0 aliphatic rings. The van der Waals surface area contributed by atoms with Gasteiger partial charge in [-0.2, -0.15) is 0 Å². The number of carboxylic acids is 1. The second-order valence-electron chi connectivity index (χ2n) is 4.14. The van der Waals surface area contributed by atoms with Crippen LogP contribution in [0.5, 0.6) is 0 Å². The number of aromatic nitrogens is 1. The predicted octanol–water partition coefficient (Wildman–Crippen LogP) is 2.39. The Hall–Kier alpha value is -1.29. The lowest BCUT2D eigenvalue weighted by Crippen LogP contribution is -2.24. The minimum absolute atomic E-state index is 0.0636. The molecule has 0 bridgehead atoms. The number of nitrogens with one attached hydrogen (secondary N) is 1. The van der Waals surface area contributed by atoms with Gasteiger partial charge in [-0.05, 0) is 41.1 Å². The number of aromatic carboxylic acids is 1. The van der Waals surface area contributed by atoms with Gasteiger partial charge in [-0.25, -0.2) is 17.9 Å². The lowest BCUT2D eigenvalue weighted by molar-refractivity contribution is 0.0696. The summed E-state index contributed by atoms with van der Waals surface area (Å²) in [6.07, 6.45) is 1.33. The number of rotatable bonds is 5. The molecule has 0 saturated carbocycles. The van der Waals surface area contributed by atoms with Crippen molar-refractivity contribution in [1.82, 2.24) is 9.71 Å². The Morgan fingerprint density at radius 2 is 2.19 bits per heavy atom. The second-order valence-corrected chi connectivity index (χ2v) is 8.51. The van der Waals surface area contributed by atoms with Crippen LogP contribution in [0, 0.1) is 6.92 Å². The Labute approximate surface area is 134 Å². The van der Waals surface area contributed by atoms with E-state index in [4.69, 9.17) is 5.11 Å². The van der Waals surface area contributed by atoms with Gasteiger partial charge in [-0.15, -0.1) is 11.3 Å². The van der Waals surface area contributed by atoms with Crippen molar-refractivity contribution in [3.05, 3.63) is 44.3 Å². The summed E-state index contributed by atoms with van der Waals surface area (Å²) in [5.74, 6) is -1.08. The van der Waals surface area contributed by atoms with Crippen molar-refractivity contribution in [3.8, 4) is 0 Å². The van der Waals surface area contributed by atoms with Crippen LogP contribution < -0.4 is 4.72 Å². The molecular weight excluding hydrogens is 380 g/mol. The quantitative estimate of drug-likeness (QED) is 0.816. The highest BCUT2D eigenvalue weighted by atomic mass is 79.9. The normalized spacial score (nSPS) is 11.5. The van der Waals surface area contributed by atoms with Crippen LogP contribution in [0.15, 0.2) is 33.1 Å². The minimum atomic E-state index is -3.66. The summed E-state index contributed by atoms with van der Waals surface area (Å²) in [6, 6.07) is 4.21. The van der Waals surface area contributed by atoms with Crippen LogP contribution in [-0.4, -0.2) is 24.5 Å². The molecule has 0 unspecified atom stereocenters. The van der Waals surface area contributed by atoms with E-state index in [1.165, 1.54) is 35.7 Å². The SMILES string of the molecule is Cc1sc(Br)cc1S(=O)(=O)NCc1cc(C(=O)O)ccn1. The standard InChI is InChI=1S/C12H11BrN2O4S2/c1-7-10(5-11(13)20-7)21(18,19)15-6-9-4-8(12(16)17)2-3-14-9/h2-5,15H,6H2,1H3,(H,16,17). The van der Waals surface area contributed by atoms with Crippen LogP contribution >= 0.6 is 27.3 Å². The third kappa shape index (κ3) is 3.88. The number of sulfonamides is 1. The lowest BCUT2D eigenvalue weighted by atomic mass is 10.2. The molecule has 0 aliphatic carbocycles. The third-order valence-electron chi connectivity index (χ3n) is 2.64. The summed E-state index contributed by atoms with van der Waals surface area (Å²) in [4.78, 5) is 15.7. The first-order valence-electron chi connectivity index (χ1n) is 5.73. The van der Waals surface area contributed by atoms with Crippen LogP contribution in [0.25, 0.3) is 0 Å². The van der Waals surface area contributed by atoms with Crippen molar-refractivity contribution in [3.63, 3.8) is 0 Å². The summed E-state index contributed by atoms with van der Waals surface area (Å²) in [5.41, 5.74) is 0.402. The van der Waals surface area contributed by atoms with E-state index in [0.717, 1.165) is 3.79 Å². The number of pyridine rings is 1. The molecular formula is C12H11BrN2O4S2. The average Bonchev–Trinajstić information content (AvgIpc) is 2.77. The zero-order valence-electron chi connectivity index (χ0n) is 10.8. The maximum Gasteiger partial charge on any atom is 0.335 e. The maximum atomic E-state index is 12.2. The lowest BCUT2D eigenvalue weighted by Gasteiger charge is -2.06. The summed E-state index contributed by atoms with van der Waals surface area (Å²) in [5, 5.41) is 8.88. The van der Waals surface area contributed by atoms with Crippen LogP contribution in [0.1, 0.15) is 20.9 Å². The zero-order chi connectivity index (χ0) is 15.6. The fraction of sp³-hybridized carbons (Fsp3) is 0.167. The van der Waals surface area contributed by atoms with Crippen LogP contribution in [0.2, 0.25) is 0 Å². The van der Waals surface area contributed by atoms with E-state index >= 15 is 0 Å². The van der Waals surface area contributed by atoms with Gasteiger partial charge in [-0.1, -0.05) is 0 Å². The molecule has 0 atom stereocenters. The largest absolute Gasteiger partial charge is 0.478 e. The Morgan fingerprint density at radius 1 is 1.48 bits per heavy atom. The van der Waals surface area contributed by atoms with E-state index in [9.17, 15) is 13.2 Å². The predicted molar refractivity (Wildman–Crippen MR) is 82.0 cm³/mol. The van der Waals surface area contributed by atoms with Crippen molar-refractivity contribution in [2.75, 3.05) is 0 Å². The fourth-order valence-electron chi connectivity index (χ4n) is 1.65. The van der Waals surface area contributed by atoms with Gasteiger partial charge in [-0.3, -0.25) is 4.98 Å². The Balaban J connectivity index is 2.17. The maximum absolute atomic E-state index is 12.2. The van der Waals surface area contributed by atoms with Crippen LogP contribution in [-0.2, 0) is 16.6 Å². The number of thiophene rings is 1. The first-order valence-corrected chi connectivity index (χ1v) is 8.82. The molecule has 21 heavy (non-hydrogen) atoms. The van der Waals surface area contributed by atoms with Crippen molar-refractivity contribution >= 4 is 43.3 Å². The van der Waals surface area contributed by atoms with Gasteiger partial charge in [0.15, 0.2) is 0 Å². The van der Waals surface area contributed by atoms with Gasteiger partial charge in [0.25, 0.3) is 0 Å². The number of carbonyl (C=O) groups is 1. The van der Waals surface area contributed by atoms with Crippen molar-refractivity contribution in [1.29, 1.82) is 0 Å². The van der Waals surface area contributed by atoms with E-state index in [0.29, 0.717) is 10.6 Å². The average molecular weight is 391 g/mol. The van der Waals surface area contributed by atoms with Gasteiger partial charge in [0.1, 0.15) is 0 Å². The topological polar surface area (TPSA) is 96.4 Å². The molecule has 2 aromatic heterocycles. The van der Waals surface area contributed by atoms with E-state index in [2.05, 4.69) is 25.6 Å². The fourth-order valence-corrected chi connectivity index (χ4v) is 5.06. The molecule has 0 fully saturated rings. The monoisotopic (exact) mass is 390 g/mol. The van der Waals surface area contributed by atoms with Crippen molar-refractivity contribution < 1.29 is 18.3 Å². The Kier molecular flexibility index (Phi) is 4.77. The van der Waals surface area contributed by atoms with E-state index < -0.39 is 16.0 Å². The van der Waals surface area contributed by atoms with Crippen molar-refractivity contribution in [2.45, 2.75) is 18.4 Å². The minimum Gasteiger partial charge on any atom is -0.478 e. The molecule has 0 amide bonds. The highest BCUT2D eigenvalue weighted by Crippen LogP contribution is 2.29. The summed E-state index contributed by atoms with van der Waals surface area (Å²) in [6.45, 7) is 1.64. The Bertz CT molecular complexity index is 786. The van der Waals surface area contributed by atoms with Gasteiger partial charge in [0, 0.05) is 11.1 Å². The molecule has 0 saturated heterocycles. The molecule has 0 aromatic carbocycles. The number of hydrogen-bond acceptors (Lipinski definition) is 5. The highest BCUT2D eigenvalue weighted by Gasteiger charge is 2.19. The van der Waals surface area contributed by atoms with Gasteiger partial charge in [0.05, 0.1) is 26.5 Å². The highest BCUT2D eigenvalue weighted by molar-refractivity contribution is 9.11.